The van der Waals surface area contributed by atoms with Crippen molar-refractivity contribution in [3.63, 3.8) is 0 Å². The number of nitrogens with one attached hydrogen (secondary N) is 2. The molecule has 2 N–H and O–H groups in total. The highest BCUT2D eigenvalue weighted by atomic mass is 16.6. The van der Waals surface area contributed by atoms with E-state index in [4.69, 9.17) is 9.47 Å². The number of piperidine rings is 1. The number of rotatable bonds is 3. The van der Waals surface area contributed by atoms with Gasteiger partial charge in [-0.2, -0.15) is 0 Å². The van der Waals surface area contributed by atoms with Crippen LogP contribution in [0, 0.1) is 11.8 Å². The van der Waals surface area contributed by atoms with Crippen molar-refractivity contribution in [1.82, 2.24) is 10.6 Å². The Hall–Kier alpha value is -1.30. The van der Waals surface area contributed by atoms with Gasteiger partial charge in [0.2, 0.25) is 0 Å². The molecule has 0 bridgehead atoms. The van der Waals surface area contributed by atoms with Crippen molar-refractivity contribution in [2.45, 2.75) is 32.8 Å². The second-order valence-corrected chi connectivity index (χ2v) is 5.77. The van der Waals surface area contributed by atoms with Crippen LogP contribution < -0.4 is 10.6 Å². The summed E-state index contributed by atoms with van der Waals surface area (Å²) in [5.74, 6) is -0.340. The molecule has 0 saturated carbocycles. The first-order chi connectivity index (χ1) is 8.83. The van der Waals surface area contributed by atoms with Crippen LogP contribution in [-0.2, 0) is 14.3 Å². The van der Waals surface area contributed by atoms with Gasteiger partial charge in [0, 0.05) is 19.0 Å². The summed E-state index contributed by atoms with van der Waals surface area (Å²) in [5, 5.41) is 5.92. The Bertz CT molecular complexity index is 325. The molecule has 1 heterocycles. The molecule has 6 nitrogen and oxygen atoms in total. The molecule has 19 heavy (non-hydrogen) atoms. The Balaban J connectivity index is 2.45. The van der Waals surface area contributed by atoms with Gasteiger partial charge in [0.25, 0.3) is 0 Å². The topological polar surface area (TPSA) is 76.7 Å². The summed E-state index contributed by atoms with van der Waals surface area (Å²) < 4.78 is 9.96. The zero-order chi connectivity index (χ0) is 14.5. The molecule has 2 atom stereocenters. The van der Waals surface area contributed by atoms with Crippen LogP contribution >= 0.6 is 0 Å². The lowest BCUT2D eigenvalue weighted by molar-refractivity contribution is -0.148. The van der Waals surface area contributed by atoms with Gasteiger partial charge in [-0.1, -0.05) is 0 Å². The van der Waals surface area contributed by atoms with Crippen LogP contribution in [0.15, 0.2) is 0 Å². The first-order valence-electron chi connectivity index (χ1n) is 6.59. The van der Waals surface area contributed by atoms with Crippen molar-refractivity contribution < 1.29 is 19.1 Å². The number of carbonyl (C=O) groups is 2. The number of methoxy groups -OCH3 is 1. The van der Waals surface area contributed by atoms with E-state index in [2.05, 4.69) is 10.6 Å². The molecule has 1 aliphatic rings. The molecule has 0 aromatic carbocycles. The van der Waals surface area contributed by atoms with Crippen LogP contribution in [0.2, 0.25) is 0 Å². The van der Waals surface area contributed by atoms with Gasteiger partial charge in [-0.3, -0.25) is 4.79 Å². The van der Waals surface area contributed by atoms with Gasteiger partial charge >= 0.3 is 12.1 Å². The van der Waals surface area contributed by atoms with E-state index in [1.165, 1.54) is 7.11 Å². The van der Waals surface area contributed by atoms with Gasteiger partial charge in [0.15, 0.2) is 0 Å². The van der Waals surface area contributed by atoms with Gasteiger partial charge in [-0.15, -0.1) is 0 Å². The molecule has 0 aromatic heterocycles. The molecular weight excluding hydrogens is 248 g/mol. The van der Waals surface area contributed by atoms with Gasteiger partial charge < -0.3 is 20.1 Å². The number of hydrogen-bond acceptors (Lipinski definition) is 5. The maximum Gasteiger partial charge on any atom is 0.407 e. The van der Waals surface area contributed by atoms with E-state index in [1.54, 1.807) is 0 Å². The van der Waals surface area contributed by atoms with Crippen LogP contribution in [0.3, 0.4) is 0 Å². The SMILES string of the molecule is COC(=O)[C@@H]1CCNC[C@H]1CNC(=O)OC(C)(C)C. The van der Waals surface area contributed by atoms with Crippen LogP contribution in [0.4, 0.5) is 4.79 Å². The second-order valence-electron chi connectivity index (χ2n) is 5.77. The Morgan fingerprint density at radius 3 is 2.63 bits per heavy atom. The molecule has 0 aliphatic carbocycles. The average Bonchev–Trinajstić information content (AvgIpc) is 2.33. The molecule has 0 unspecified atom stereocenters. The van der Waals surface area contributed by atoms with Crippen molar-refractivity contribution in [3.05, 3.63) is 0 Å². The summed E-state index contributed by atoms with van der Waals surface area (Å²) in [4.78, 5) is 23.2. The molecular formula is C13H24N2O4. The fraction of sp³-hybridized carbons (Fsp3) is 0.846. The number of hydrogen-bond donors (Lipinski definition) is 2. The van der Waals surface area contributed by atoms with Crippen molar-refractivity contribution in [1.29, 1.82) is 0 Å². The average molecular weight is 272 g/mol. The maximum atomic E-state index is 11.7. The summed E-state index contributed by atoms with van der Waals surface area (Å²) in [6.07, 6.45) is 0.273. The van der Waals surface area contributed by atoms with E-state index in [0.717, 1.165) is 13.0 Å². The molecule has 0 spiro atoms. The van der Waals surface area contributed by atoms with E-state index in [1.807, 2.05) is 20.8 Å². The van der Waals surface area contributed by atoms with Crippen molar-refractivity contribution in [3.8, 4) is 0 Å². The van der Waals surface area contributed by atoms with Crippen molar-refractivity contribution in [2.24, 2.45) is 11.8 Å². The summed E-state index contributed by atoms with van der Waals surface area (Å²) in [6.45, 7) is 7.32. The van der Waals surface area contributed by atoms with E-state index in [0.29, 0.717) is 13.1 Å². The fourth-order valence-corrected chi connectivity index (χ4v) is 2.13. The Morgan fingerprint density at radius 1 is 1.37 bits per heavy atom. The molecule has 110 valence electrons. The number of carbonyl (C=O) groups excluding carboxylic acids is 2. The molecule has 1 aliphatic heterocycles. The fourth-order valence-electron chi connectivity index (χ4n) is 2.13. The van der Waals surface area contributed by atoms with Crippen LogP contribution in [0.5, 0.6) is 0 Å². The van der Waals surface area contributed by atoms with Crippen LogP contribution in [0.1, 0.15) is 27.2 Å². The van der Waals surface area contributed by atoms with Crippen molar-refractivity contribution in [2.75, 3.05) is 26.7 Å². The van der Waals surface area contributed by atoms with E-state index in [-0.39, 0.29) is 17.8 Å². The molecule has 1 rings (SSSR count). The standard InChI is InChI=1S/C13H24N2O4/c1-13(2,3)19-12(17)15-8-9-7-14-6-5-10(9)11(16)18-4/h9-10,14H,5-8H2,1-4H3,(H,15,17)/t9-,10+/m0/s1. The zero-order valence-corrected chi connectivity index (χ0v) is 12.1. The Labute approximate surface area is 114 Å². The highest BCUT2D eigenvalue weighted by Crippen LogP contribution is 2.20. The van der Waals surface area contributed by atoms with E-state index >= 15 is 0 Å². The molecule has 6 heteroatoms. The minimum atomic E-state index is -0.517. The normalized spacial score (nSPS) is 23.6. The molecule has 1 fully saturated rings. The Morgan fingerprint density at radius 2 is 2.05 bits per heavy atom. The third kappa shape index (κ3) is 5.46. The number of alkyl carbamates (subject to hydrolysis) is 1. The maximum absolute atomic E-state index is 11.7. The number of amides is 1. The minimum Gasteiger partial charge on any atom is -0.469 e. The first kappa shape index (κ1) is 15.8. The van der Waals surface area contributed by atoms with Crippen molar-refractivity contribution >= 4 is 12.1 Å². The van der Waals surface area contributed by atoms with Gasteiger partial charge in [0.05, 0.1) is 13.0 Å². The smallest absolute Gasteiger partial charge is 0.407 e. The summed E-state index contributed by atoms with van der Waals surface area (Å²) in [7, 11) is 1.39. The number of esters is 1. The Kier molecular flexibility index (Phi) is 5.60. The molecule has 1 amide bonds. The molecule has 0 radical (unpaired) electrons. The highest BCUT2D eigenvalue weighted by molar-refractivity contribution is 5.73. The lowest BCUT2D eigenvalue weighted by Gasteiger charge is -2.30. The summed E-state index contributed by atoms with van der Waals surface area (Å²) >= 11 is 0. The summed E-state index contributed by atoms with van der Waals surface area (Å²) in [6, 6.07) is 0. The third-order valence-corrected chi connectivity index (χ3v) is 3.02. The predicted molar refractivity (Wildman–Crippen MR) is 70.7 cm³/mol. The second kappa shape index (κ2) is 6.75. The highest BCUT2D eigenvalue weighted by Gasteiger charge is 2.32. The lowest BCUT2D eigenvalue weighted by atomic mass is 9.86. The molecule has 1 saturated heterocycles. The zero-order valence-electron chi connectivity index (χ0n) is 12.1. The monoisotopic (exact) mass is 272 g/mol. The summed E-state index contributed by atoms with van der Waals surface area (Å²) in [5.41, 5.74) is -0.517. The minimum absolute atomic E-state index is 0.0359. The quantitative estimate of drug-likeness (QED) is 0.747. The van der Waals surface area contributed by atoms with Crippen LogP contribution in [0.25, 0.3) is 0 Å². The first-order valence-corrected chi connectivity index (χ1v) is 6.59. The molecule has 0 aromatic rings. The number of ether oxygens (including phenoxy) is 2. The lowest BCUT2D eigenvalue weighted by Crippen LogP contribution is -2.46. The largest absolute Gasteiger partial charge is 0.469 e. The van der Waals surface area contributed by atoms with E-state index in [9.17, 15) is 9.59 Å². The van der Waals surface area contributed by atoms with Crippen LogP contribution in [-0.4, -0.2) is 44.4 Å². The van der Waals surface area contributed by atoms with E-state index < -0.39 is 11.7 Å². The van der Waals surface area contributed by atoms with Gasteiger partial charge in [0.1, 0.15) is 5.60 Å². The third-order valence-electron chi connectivity index (χ3n) is 3.02. The predicted octanol–water partition coefficient (Wildman–Crippen LogP) is 0.910. The van der Waals surface area contributed by atoms with Gasteiger partial charge in [-0.05, 0) is 33.7 Å². The van der Waals surface area contributed by atoms with Gasteiger partial charge in [-0.25, -0.2) is 4.79 Å².